The Morgan fingerprint density at radius 2 is 1.70 bits per heavy atom. The summed E-state index contributed by atoms with van der Waals surface area (Å²) in [6.07, 6.45) is 4.23. The number of amides is 3. The van der Waals surface area contributed by atoms with E-state index in [1.54, 1.807) is 48.5 Å². The van der Waals surface area contributed by atoms with Gasteiger partial charge in [-0.25, -0.2) is 4.79 Å². The number of carbonyl (C=O) groups is 4. The lowest BCUT2D eigenvalue weighted by molar-refractivity contribution is -0.116. The summed E-state index contributed by atoms with van der Waals surface area (Å²) in [5.74, 6) is -1.13. The molecule has 2 aromatic heterocycles. The van der Waals surface area contributed by atoms with Crippen LogP contribution in [0.15, 0.2) is 112 Å². The van der Waals surface area contributed by atoms with Crippen LogP contribution in [-0.4, -0.2) is 30.8 Å². The molecule has 1 aliphatic carbocycles. The summed E-state index contributed by atoms with van der Waals surface area (Å²) in [6.45, 7) is 2.19. The lowest BCUT2D eigenvalue weighted by atomic mass is 9.88. The van der Waals surface area contributed by atoms with Crippen LogP contribution in [-0.2, 0) is 27.2 Å². The maximum atomic E-state index is 14.1. The molecule has 0 saturated heterocycles. The van der Waals surface area contributed by atoms with E-state index in [0.29, 0.717) is 27.7 Å². The van der Waals surface area contributed by atoms with Crippen LogP contribution in [0.2, 0.25) is 0 Å². The first-order valence-electron chi connectivity index (χ1n) is 16.1. The molecule has 3 N–H and O–H groups in total. The number of thiophene rings is 2. The van der Waals surface area contributed by atoms with E-state index in [4.69, 9.17) is 4.74 Å². The largest absolute Gasteiger partial charge is 0.465 e. The summed E-state index contributed by atoms with van der Waals surface area (Å²) < 4.78 is 5.13. The maximum Gasteiger partial charge on any atom is 0.341 e. The van der Waals surface area contributed by atoms with E-state index in [1.165, 1.54) is 41.5 Å². The first kappa shape index (κ1) is 34.9. The van der Waals surface area contributed by atoms with Gasteiger partial charge in [0.1, 0.15) is 15.9 Å². The molecule has 3 aromatic carbocycles. The van der Waals surface area contributed by atoms with Crippen LogP contribution < -0.4 is 16.0 Å². The third-order valence-electron chi connectivity index (χ3n) is 8.21. The third-order valence-corrected chi connectivity index (χ3v) is 11.3. The van der Waals surface area contributed by atoms with E-state index in [0.717, 1.165) is 45.7 Å². The van der Waals surface area contributed by atoms with Crippen molar-refractivity contribution >= 4 is 74.9 Å². The van der Waals surface area contributed by atoms with Crippen LogP contribution in [0.25, 0.3) is 6.08 Å². The molecule has 2 unspecified atom stereocenters. The number of hydrogen-bond donors (Lipinski definition) is 3. The smallest absolute Gasteiger partial charge is 0.341 e. The average Bonchev–Trinajstić information content (AvgIpc) is 3.78. The second kappa shape index (κ2) is 16.2. The normalized spacial score (nSPS) is 14.6. The molecule has 50 heavy (non-hydrogen) atoms. The highest BCUT2D eigenvalue weighted by molar-refractivity contribution is 8.00. The molecule has 0 fully saturated rings. The predicted octanol–water partition coefficient (Wildman–Crippen LogP) is 8.60. The molecule has 2 heterocycles. The molecule has 0 spiro atoms. The lowest BCUT2D eigenvalue weighted by Gasteiger charge is -2.18. The van der Waals surface area contributed by atoms with Gasteiger partial charge in [0.05, 0.1) is 12.7 Å². The molecule has 254 valence electrons. The zero-order valence-corrected chi connectivity index (χ0v) is 29.9. The van der Waals surface area contributed by atoms with Crippen molar-refractivity contribution in [3.63, 3.8) is 0 Å². The van der Waals surface area contributed by atoms with Gasteiger partial charge < -0.3 is 20.7 Å². The number of hydrogen-bond acceptors (Lipinski definition) is 8. The van der Waals surface area contributed by atoms with Crippen LogP contribution in [0.5, 0.6) is 0 Å². The zero-order valence-electron chi connectivity index (χ0n) is 27.4. The van der Waals surface area contributed by atoms with Crippen molar-refractivity contribution in [1.82, 2.24) is 5.32 Å². The SMILES string of the molecule is COC(=O)c1c(NC(=O)C(Sc2cccc(NC(=O)/C(=C/c3ccsc3)NC(=O)c3ccccc3)c2)c2ccccc2)sc2c1CCC(C)C2. The minimum atomic E-state index is -0.676. The van der Waals surface area contributed by atoms with E-state index in [1.807, 2.05) is 59.3 Å². The van der Waals surface area contributed by atoms with Crippen LogP contribution in [0.3, 0.4) is 0 Å². The molecule has 0 radical (unpaired) electrons. The first-order chi connectivity index (χ1) is 24.3. The van der Waals surface area contributed by atoms with Gasteiger partial charge in [0, 0.05) is 21.0 Å². The van der Waals surface area contributed by atoms with Crippen LogP contribution in [0.4, 0.5) is 10.7 Å². The molecule has 0 saturated carbocycles. The molecule has 0 aliphatic heterocycles. The van der Waals surface area contributed by atoms with Crippen molar-refractivity contribution in [3.8, 4) is 0 Å². The van der Waals surface area contributed by atoms with Gasteiger partial charge in [-0.05, 0) is 95.1 Å². The van der Waals surface area contributed by atoms with Gasteiger partial charge in [-0.15, -0.1) is 23.1 Å². The van der Waals surface area contributed by atoms with Gasteiger partial charge in [-0.3, -0.25) is 14.4 Å². The average molecular weight is 722 g/mol. The minimum Gasteiger partial charge on any atom is -0.465 e. The fourth-order valence-corrected chi connectivity index (χ4v) is 8.79. The Kier molecular flexibility index (Phi) is 11.3. The maximum absolute atomic E-state index is 14.1. The number of nitrogens with one attached hydrogen (secondary N) is 3. The quantitative estimate of drug-likeness (QED) is 0.0716. The highest BCUT2D eigenvalue weighted by Gasteiger charge is 2.31. The summed E-state index contributed by atoms with van der Waals surface area (Å²) >= 11 is 4.26. The fourth-order valence-electron chi connectivity index (χ4n) is 5.68. The number of esters is 1. The first-order valence-corrected chi connectivity index (χ1v) is 18.7. The number of anilines is 2. The fraction of sp³-hybridized carbons (Fsp3) is 0.179. The topological polar surface area (TPSA) is 114 Å². The minimum absolute atomic E-state index is 0.0892. The van der Waals surface area contributed by atoms with Gasteiger partial charge >= 0.3 is 5.97 Å². The monoisotopic (exact) mass is 721 g/mol. The van der Waals surface area contributed by atoms with Gasteiger partial charge in [0.15, 0.2) is 0 Å². The molecular weight excluding hydrogens is 687 g/mol. The summed E-state index contributed by atoms with van der Waals surface area (Å²) in [5.41, 5.74) is 3.98. The summed E-state index contributed by atoms with van der Waals surface area (Å²) in [6, 6.07) is 27.2. The van der Waals surface area contributed by atoms with Crippen LogP contribution in [0, 0.1) is 5.92 Å². The summed E-state index contributed by atoms with van der Waals surface area (Å²) in [5, 5.41) is 12.3. The van der Waals surface area contributed by atoms with Gasteiger partial charge in [-0.1, -0.05) is 61.5 Å². The van der Waals surface area contributed by atoms with E-state index < -0.39 is 23.0 Å². The summed E-state index contributed by atoms with van der Waals surface area (Å²) in [7, 11) is 1.36. The Labute approximate surface area is 303 Å². The Hall–Kier alpha value is -4.97. The van der Waals surface area contributed by atoms with Gasteiger partial charge in [0.25, 0.3) is 11.8 Å². The van der Waals surface area contributed by atoms with Crippen molar-refractivity contribution in [2.45, 2.75) is 36.3 Å². The molecule has 5 aromatic rings. The van der Waals surface area contributed by atoms with E-state index in [-0.39, 0.29) is 11.6 Å². The number of rotatable bonds is 11. The van der Waals surface area contributed by atoms with Gasteiger partial charge in [0.2, 0.25) is 5.91 Å². The van der Waals surface area contributed by atoms with Crippen molar-refractivity contribution in [2.75, 3.05) is 17.7 Å². The van der Waals surface area contributed by atoms with Crippen molar-refractivity contribution in [2.24, 2.45) is 5.92 Å². The van der Waals surface area contributed by atoms with Crippen molar-refractivity contribution < 1.29 is 23.9 Å². The van der Waals surface area contributed by atoms with Crippen molar-refractivity contribution in [1.29, 1.82) is 0 Å². The predicted molar refractivity (Wildman–Crippen MR) is 202 cm³/mol. The standard InChI is InChI=1S/C39H35N3O5S3/c1-24-16-17-30-32(20-24)50-38(33(30)39(46)47-2)42-37(45)34(26-10-5-3-6-11-26)49-29-15-9-14-28(22-29)40-36(44)31(21-25-18-19-48-23-25)41-35(43)27-12-7-4-8-13-27/h3-15,18-19,21-24,34H,16-17,20H2,1-2H3,(H,40,44)(H,41,43)(H,42,45)/b31-21-. The highest BCUT2D eigenvalue weighted by atomic mass is 32.2. The molecule has 8 nitrogen and oxygen atoms in total. The van der Waals surface area contributed by atoms with E-state index in [2.05, 4.69) is 22.9 Å². The number of thioether (sulfide) groups is 1. The highest BCUT2D eigenvalue weighted by Crippen LogP contribution is 2.42. The number of ether oxygens (including phenoxy) is 1. The Morgan fingerprint density at radius 1 is 0.940 bits per heavy atom. The lowest BCUT2D eigenvalue weighted by Crippen LogP contribution is -2.30. The number of benzene rings is 3. The summed E-state index contributed by atoms with van der Waals surface area (Å²) in [4.78, 5) is 55.4. The van der Waals surface area contributed by atoms with Gasteiger partial charge in [-0.2, -0.15) is 11.3 Å². The Morgan fingerprint density at radius 3 is 2.42 bits per heavy atom. The molecule has 1 aliphatic rings. The number of carbonyl (C=O) groups excluding carboxylic acids is 4. The molecule has 3 amide bonds. The molecule has 11 heteroatoms. The van der Waals surface area contributed by atoms with E-state index >= 15 is 0 Å². The van der Waals surface area contributed by atoms with Crippen LogP contribution >= 0.6 is 34.4 Å². The second-order valence-corrected chi connectivity index (χ2v) is 14.9. The van der Waals surface area contributed by atoms with Crippen molar-refractivity contribution in [3.05, 3.63) is 140 Å². The zero-order chi connectivity index (χ0) is 35.0. The Balaban J connectivity index is 1.23. The second-order valence-electron chi connectivity index (χ2n) is 11.9. The third kappa shape index (κ3) is 8.42. The number of fused-ring (bicyclic) bond motifs is 1. The molecular formula is C39H35N3O5S3. The molecule has 2 atom stereocenters. The Bertz CT molecular complexity index is 2020. The number of methoxy groups -OCH3 is 1. The van der Waals surface area contributed by atoms with E-state index in [9.17, 15) is 19.2 Å². The molecule has 6 rings (SSSR count). The molecule has 0 bridgehead atoms. The van der Waals surface area contributed by atoms with Crippen LogP contribution in [0.1, 0.15) is 60.9 Å².